The molecule has 32 heavy (non-hydrogen) atoms. The predicted molar refractivity (Wildman–Crippen MR) is 107 cm³/mol. The number of benzene rings is 1. The second-order valence-electron chi connectivity index (χ2n) is 7.80. The quantitative estimate of drug-likeness (QED) is 0.203. The lowest BCUT2D eigenvalue weighted by atomic mass is 9.98. The second-order valence-corrected chi connectivity index (χ2v) is 7.80. The number of allylic oxidation sites excluding steroid dienone is 1. The van der Waals surface area contributed by atoms with Crippen LogP contribution in [0.3, 0.4) is 0 Å². The molecule has 1 aromatic rings. The number of aliphatic hydroxyl groups excluding tert-OH is 7. The van der Waals surface area contributed by atoms with Crippen LogP contribution in [0.15, 0.2) is 36.9 Å². The molecule has 180 valence electrons. The van der Waals surface area contributed by atoms with Crippen LogP contribution in [0.1, 0.15) is 5.56 Å². The van der Waals surface area contributed by atoms with Gasteiger partial charge in [0, 0.05) is 0 Å². The minimum absolute atomic E-state index is 0.360. The van der Waals surface area contributed by atoms with Gasteiger partial charge in [-0.2, -0.15) is 0 Å². The Morgan fingerprint density at radius 3 is 1.94 bits per heavy atom. The number of hydrogen-bond acceptors (Lipinski definition) is 11. The highest BCUT2D eigenvalue weighted by atomic mass is 16.7. The molecular weight excluding hydrogens is 428 g/mol. The predicted octanol–water partition coefficient (Wildman–Crippen LogP) is -2.58. The van der Waals surface area contributed by atoms with Gasteiger partial charge < -0.3 is 54.7 Å². The van der Waals surface area contributed by atoms with Crippen molar-refractivity contribution in [3.8, 4) is 5.75 Å². The van der Waals surface area contributed by atoms with E-state index in [0.29, 0.717) is 12.2 Å². The lowest BCUT2D eigenvalue weighted by Gasteiger charge is -2.42. The minimum atomic E-state index is -1.63. The monoisotopic (exact) mass is 458 g/mol. The van der Waals surface area contributed by atoms with Crippen molar-refractivity contribution in [2.45, 2.75) is 67.8 Å². The first-order valence-corrected chi connectivity index (χ1v) is 10.2. The first-order valence-electron chi connectivity index (χ1n) is 10.2. The molecular formula is C21H30O11. The van der Waals surface area contributed by atoms with E-state index in [1.54, 1.807) is 30.3 Å². The summed E-state index contributed by atoms with van der Waals surface area (Å²) in [7, 11) is 0. The Bertz CT molecular complexity index is 727. The Morgan fingerprint density at radius 2 is 1.34 bits per heavy atom. The molecule has 2 saturated heterocycles. The zero-order valence-electron chi connectivity index (χ0n) is 17.3. The van der Waals surface area contributed by atoms with Crippen molar-refractivity contribution in [2.24, 2.45) is 0 Å². The summed E-state index contributed by atoms with van der Waals surface area (Å²) in [6.45, 7) is 2.62. The molecule has 2 aliphatic heterocycles. The van der Waals surface area contributed by atoms with E-state index in [4.69, 9.17) is 18.9 Å². The third-order valence-electron chi connectivity index (χ3n) is 5.50. The molecule has 1 aromatic carbocycles. The molecule has 0 spiro atoms. The van der Waals surface area contributed by atoms with Gasteiger partial charge in [-0.1, -0.05) is 18.2 Å². The Hall–Kier alpha value is -1.64. The summed E-state index contributed by atoms with van der Waals surface area (Å²) in [5, 5.41) is 69.7. The van der Waals surface area contributed by atoms with E-state index in [2.05, 4.69) is 6.58 Å². The Balaban J connectivity index is 1.62. The van der Waals surface area contributed by atoms with E-state index in [1.807, 2.05) is 0 Å². The van der Waals surface area contributed by atoms with E-state index in [9.17, 15) is 35.7 Å². The fraction of sp³-hybridized carbons (Fsp3) is 0.619. The van der Waals surface area contributed by atoms with Gasteiger partial charge in [0.2, 0.25) is 6.29 Å². The fourth-order valence-corrected chi connectivity index (χ4v) is 3.55. The van der Waals surface area contributed by atoms with Crippen molar-refractivity contribution in [3.63, 3.8) is 0 Å². The van der Waals surface area contributed by atoms with Crippen LogP contribution >= 0.6 is 0 Å². The number of ether oxygens (including phenoxy) is 4. The zero-order valence-corrected chi connectivity index (χ0v) is 17.3. The first kappa shape index (κ1) is 25.0. The average Bonchev–Trinajstić information content (AvgIpc) is 2.79. The number of aliphatic hydroxyl groups is 7. The molecule has 0 aliphatic carbocycles. The molecule has 0 saturated carbocycles. The van der Waals surface area contributed by atoms with E-state index < -0.39 is 74.6 Å². The molecule has 2 aliphatic rings. The summed E-state index contributed by atoms with van der Waals surface area (Å²) in [6.07, 6.45) is -12.2. The summed E-state index contributed by atoms with van der Waals surface area (Å²) >= 11 is 0. The Labute approximate surface area is 184 Å². The van der Waals surface area contributed by atoms with Crippen molar-refractivity contribution in [1.29, 1.82) is 0 Å². The Kier molecular flexibility index (Phi) is 8.58. The summed E-state index contributed by atoms with van der Waals surface area (Å²) in [6, 6.07) is 6.92. The standard InChI is InChI=1S/C21H30O11/c1-2-3-10-4-6-11(7-5-10)30-21-19(28)17(26)15(24)13(32-21)9-29-20-18(27)16(25)14(23)12(8-22)31-20/h2,4-7,12-28H,1,3,8-9H2/t12-,13-,14+,15+,16+,17+,18+,19+,20-,21-/m0/s1. The molecule has 7 N–H and O–H groups in total. The highest BCUT2D eigenvalue weighted by molar-refractivity contribution is 5.28. The molecule has 0 aromatic heterocycles. The summed E-state index contributed by atoms with van der Waals surface area (Å²) in [4.78, 5) is 0. The Morgan fingerprint density at radius 1 is 0.781 bits per heavy atom. The lowest BCUT2D eigenvalue weighted by molar-refractivity contribution is -0.323. The molecule has 3 rings (SSSR count). The van der Waals surface area contributed by atoms with Crippen LogP contribution in [0.25, 0.3) is 0 Å². The van der Waals surface area contributed by atoms with Crippen LogP contribution in [0, 0.1) is 0 Å². The van der Waals surface area contributed by atoms with Gasteiger partial charge in [0.15, 0.2) is 6.29 Å². The zero-order chi connectivity index (χ0) is 23.4. The van der Waals surface area contributed by atoms with Crippen LogP contribution in [0.5, 0.6) is 5.75 Å². The van der Waals surface area contributed by atoms with Crippen LogP contribution in [0.4, 0.5) is 0 Å². The first-order chi connectivity index (χ1) is 15.3. The van der Waals surface area contributed by atoms with Crippen molar-refractivity contribution in [1.82, 2.24) is 0 Å². The molecule has 0 bridgehead atoms. The number of hydrogen-bond donors (Lipinski definition) is 7. The fourth-order valence-electron chi connectivity index (χ4n) is 3.55. The summed E-state index contributed by atoms with van der Waals surface area (Å²) in [5.74, 6) is 0.360. The maximum absolute atomic E-state index is 10.3. The van der Waals surface area contributed by atoms with Gasteiger partial charge in [0.1, 0.15) is 54.6 Å². The topological polar surface area (TPSA) is 179 Å². The summed E-state index contributed by atoms with van der Waals surface area (Å²) < 4.78 is 21.8. The molecule has 0 unspecified atom stereocenters. The highest BCUT2D eigenvalue weighted by Gasteiger charge is 2.47. The third kappa shape index (κ3) is 5.46. The SMILES string of the molecule is C=CCc1ccc(O[C@H]2O[C@@H](CO[C@H]3O[C@@H](CO)[C@@H](O)[C@@H](O)[C@H]3O)[C@@H](O)[C@@H](O)[C@H]2O)cc1. The third-order valence-corrected chi connectivity index (χ3v) is 5.50. The van der Waals surface area contributed by atoms with Gasteiger partial charge in [-0.3, -0.25) is 0 Å². The van der Waals surface area contributed by atoms with Crippen molar-refractivity contribution >= 4 is 0 Å². The van der Waals surface area contributed by atoms with Crippen molar-refractivity contribution in [2.75, 3.05) is 13.2 Å². The maximum atomic E-state index is 10.3. The normalized spacial score (nSPS) is 40.1. The highest BCUT2D eigenvalue weighted by Crippen LogP contribution is 2.27. The minimum Gasteiger partial charge on any atom is -0.462 e. The lowest BCUT2D eigenvalue weighted by Crippen LogP contribution is -2.62. The van der Waals surface area contributed by atoms with Gasteiger partial charge in [-0.15, -0.1) is 6.58 Å². The molecule has 2 heterocycles. The van der Waals surface area contributed by atoms with Crippen LogP contribution in [0.2, 0.25) is 0 Å². The van der Waals surface area contributed by atoms with Crippen LogP contribution in [-0.2, 0) is 20.6 Å². The smallest absolute Gasteiger partial charge is 0.229 e. The maximum Gasteiger partial charge on any atom is 0.229 e. The van der Waals surface area contributed by atoms with Crippen molar-refractivity contribution in [3.05, 3.63) is 42.5 Å². The molecule has 0 amide bonds. The summed E-state index contributed by atoms with van der Waals surface area (Å²) in [5.41, 5.74) is 0.999. The van der Waals surface area contributed by atoms with E-state index in [0.717, 1.165) is 5.56 Å². The van der Waals surface area contributed by atoms with Crippen molar-refractivity contribution < 1.29 is 54.7 Å². The average molecular weight is 458 g/mol. The van der Waals surface area contributed by atoms with Gasteiger partial charge in [-0.25, -0.2) is 0 Å². The van der Waals surface area contributed by atoms with E-state index in [1.165, 1.54) is 0 Å². The van der Waals surface area contributed by atoms with Gasteiger partial charge in [0.05, 0.1) is 13.2 Å². The molecule has 11 nitrogen and oxygen atoms in total. The number of rotatable bonds is 8. The van der Waals surface area contributed by atoms with E-state index in [-0.39, 0.29) is 0 Å². The van der Waals surface area contributed by atoms with E-state index >= 15 is 0 Å². The molecule has 0 radical (unpaired) electrons. The van der Waals surface area contributed by atoms with Gasteiger partial charge in [0.25, 0.3) is 0 Å². The van der Waals surface area contributed by atoms with Gasteiger partial charge >= 0.3 is 0 Å². The largest absolute Gasteiger partial charge is 0.462 e. The van der Waals surface area contributed by atoms with Crippen LogP contribution in [-0.4, -0.2) is 110 Å². The molecule has 2 fully saturated rings. The van der Waals surface area contributed by atoms with Crippen LogP contribution < -0.4 is 4.74 Å². The molecule has 10 atom stereocenters. The second kappa shape index (κ2) is 11.0. The van der Waals surface area contributed by atoms with Gasteiger partial charge in [-0.05, 0) is 24.1 Å². The molecule has 11 heteroatoms.